The van der Waals surface area contributed by atoms with Crippen LogP contribution in [0.4, 0.5) is 22.7 Å². The average molecular weight is 522 g/mol. The summed E-state index contributed by atoms with van der Waals surface area (Å²) in [7, 11) is 4.28. The summed E-state index contributed by atoms with van der Waals surface area (Å²) in [5.74, 6) is -0.132. The third-order valence-electron chi connectivity index (χ3n) is 6.61. The Morgan fingerprint density at radius 2 is 1.53 bits per heavy atom. The molecule has 1 amide bonds. The maximum atomic E-state index is 12.5. The summed E-state index contributed by atoms with van der Waals surface area (Å²) in [6, 6.07) is 21.4. The van der Waals surface area contributed by atoms with Crippen LogP contribution in [-0.2, 0) is 0 Å². The first-order valence-corrected chi connectivity index (χ1v) is 12.8. The summed E-state index contributed by atoms with van der Waals surface area (Å²) in [4.78, 5) is 17.2. The molecule has 36 heavy (non-hydrogen) atoms. The van der Waals surface area contributed by atoms with Crippen molar-refractivity contribution in [1.82, 2.24) is 4.90 Å². The van der Waals surface area contributed by atoms with Crippen molar-refractivity contribution < 1.29 is 4.79 Å². The number of nitrogens with zero attached hydrogens (tertiary/aromatic N) is 2. The van der Waals surface area contributed by atoms with Crippen molar-refractivity contribution in [2.75, 3.05) is 48.0 Å². The number of anilines is 4. The van der Waals surface area contributed by atoms with Gasteiger partial charge in [-0.3, -0.25) is 4.79 Å². The minimum absolute atomic E-state index is 0.132. The summed E-state index contributed by atoms with van der Waals surface area (Å²) in [6.07, 6.45) is 2.26. The van der Waals surface area contributed by atoms with Gasteiger partial charge < -0.3 is 25.8 Å². The maximum Gasteiger partial charge on any atom is 0.255 e. The molecule has 3 aromatic carbocycles. The number of likely N-dealkylation sites (tertiary alicyclic amines) is 1. The Bertz CT molecular complexity index is 1220. The van der Waals surface area contributed by atoms with Crippen LogP contribution in [0.1, 0.15) is 28.8 Å². The van der Waals surface area contributed by atoms with Crippen molar-refractivity contribution in [1.29, 1.82) is 0 Å². The molecule has 0 radical (unpaired) electrons. The Morgan fingerprint density at radius 1 is 0.944 bits per heavy atom. The number of hydrogen-bond donors (Lipinski definition) is 3. The van der Waals surface area contributed by atoms with Crippen molar-refractivity contribution in [3.8, 4) is 0 Å². The van der Waals surface area contributed by atoms with Crippen molar-refractivity contribution in [3.05, 3.63) is 82.9 Å². The van der Waals surface area contributed by atoms with Crippen LogP contribution in [0.5, 0.6) is 0 Å². The Kier molecular flexibility index (Phi) is 8.46. The maximum absolute atomic E-state index is 12.5. The molecule has 4 rings (SSSR count). The van der Waals surface area contributed by atoms with E-state index in [1.165, 1.54) is 0 Å². The lowest BCUT2D eigenvalue weighted by atomic mass is 10.0. The Labute approximate surface area is 223 Å². The molecule has 6 nitrogen and oxygen atoms in total. The van der Waals surface area contributed by atoms with Gasteiger partial charge in [0.15, 0.2) is 5.11 Å². The number of halogens is 1. The number of carbonyl (C=O) groups is 1. The van der Waals surface area contributed by atoms with Crippen LogP contribution >= 0.6 is 23.8 Å². The SMILES string of the molecule is Cc1ccccc1C(=O)Nc1ccc(NC(=S)Nc2ccc(N(C)C3CCN(C)CC3)c(Cl)c2)cc1. The minimum atomic E-state index is -0.132. The lowest BCUT2D eigenvalue weighted by molar-refractivity contribution is 0.102. The molecular formula is C28H32ClN5OS. The van der Waals surface area contributed by atoms with Crippen LogP contribution in [0, 0.1) is 6.92 Å². The second-order valence-electron chi connectivity index (χ2n) is 9.24. The first kappa shape index (κ1) is 25.9. The van der Waals surface area contributed by atoms with Crippen molar-refractivity contribution >= 4 is 57.6 Å². The number of hydrogen-bond acceptors (Lipinski definition) is 4. The van der Waals surface area contributed by atoms with E-state index in [1.54, 1.807) is 0 Å². The van der Waals surface area contributed by atoms with E-state index >= 15 is 0 Å². The molecule has 0 aromatic heterocycles. The van der Waals surface area contributed by atoms with Crippen LogP contribution < -0.4 is 20.9 Å². The molecule has 0 atom stereocenters. The zero-order valence-corrected chi connectivity index (χ0v) is 22.4. The van der Waals surface area contributed by atoms with Gasteiger partial charge in [-0.15, -0.1) is 0 Å². The summed E-state index contributed by atoms with van der Waals surface area (Å²) in [5.41, 5.74) is 4.97. The molecule has 1 aliphatic rings. The first-order chi connectivity index (χ1) is 17.3. The highest BCUT2D eigenvalue weighted by molar-refractivity contribution is 7.80. The van der Waals surface area contributed by atoms with Gasteiger partial charge >= 0.3 is 0 Å². The lowest BCUT2D eigenvalue weighted by Gasteiger charge is -2.36. The lowest BCUT2D eigenvalue weighted by Crippen LogP contribution is -2.42. The minimum Gasteiger partial charge on any atom is -0.370 e. The summed E-state index contributed by atoms with van der Waals surface area (Å²) in [6.45, 7) is 4.13. The number of thiocarbonyl (C=S) groups is 1. The normalized spacial score (nSPS) is 14.2. The predicted octanol–water partition coefficient (Wildman–Crippen LogP) is 6.24. The van der Waals surface area contributed by atoms with Gasteiger partial charge in [-0.25, -0.2) is 0 Å². The van der Waals surface area contributed by atoms with Crippen LogP contribution in [0.25, 0.3) is 0 Å². The highest BCUT2D eigenvalue weighted by Crippen LogP contribution is 2.31. The van der Waals surface area contributed by atoms with Gasteiger partial charge in [0, 0.05) is 35.7 Å². The van der Waals surface area contributed by atoms with Crippen molar-refractivity contribution in [2.24, 2.45) is 0 Å². The fraction of sp³-hybridized carbons (Fsp3) is 0.286. The van der Waals surface area contributed by atoms with Gasteiger partial charge in [-0.1, -0.05) is 29.8 Å². The molecule has 3 aromatic rings. The van der Waals surface area contributed by atoms with E-state index in [2.05, 4.69) is 39.8 Å². The van der Waals surface area contributed by atoms with E-state index in [9.17, 15) is 4.79 Å². The van der Waals surface area contributed by atoms with E-state index < -0.39 is 0 Å². The van der Waals surface area contributed by atoms with Gasteiger partial charge in [0.1, 0.15) is 0 Å². The Hall–Kier alpha value is -3.13. The van der Waals surface area contributed by atoms with Gasteiger partial charge in [-0.2, -0.15) is 0 Å². The quantitative estimate of drug-likeness (QED) is 0.334. The van der Waals surface area contributed by atoms with E-state index in [1.807, 2.05) is 73.7 Å². The number of amides is 1. The second-order valence-corrected chi connectivity index (χ2v) is 10.1. The fourth-order valence-electron chi connectivity index (χ4n) is 4.41. The Balaban J connectivity index is 1.31. The van der Waals surface area contributed by atoms with E-state index in [0.29, 0.717) is 27.4 Å². The molecule has 1 heterocycles. The van der Waals surface area contributed by atoms with E-state index in [0.717, 1.165) is 48.6 Å². The number of aryl methyl sites for hydroxylation is 1. The standard InChI is InChI=1S/C28H32ClN5OS/c1-19-6-4-5-7-24(19)27(35)30-20-8-10-21(11-9-20)31-28(36)32-22-12-13-26(25(29)18-22)34(3)23-14-16-33(2)17-15-23/h4-13,18,23H,14-17H2,1-3H3,(H,30,35)(H2,31,32,36). The van der Waals surface area contributed by atoms with Gasteiger partial charge in [0.05, 0.1) is 10.7 Å². The fourth-order valence-corrected chi connectivity index (χ4v) is 4.96. The molecule has 1 saturated heterocycles. The van der Waals surface area contributed by atoms with E-state index in [-0.39, 0.29) is 5.91 Å². The molecule has 8 heteroatoms. The van der Waals surface area contributed by atoms with Crippen LogP contribution in [0.15, 0.2) is 66.7 Å². The number of nitrogens with one attached hydrogen (secondary N) is 3. The van der Waals surface area contributed by atoms with Gasteiger partial charge in [-0.05, 0) is 106 Å². The monoisotopic (exact) mass is 521 g/mol. The topological polar surface area (TPSA) is 59.6 Å². The van der Waals surface area contributed by atoms with Crippen molar-refractivity contribution in [2.45, 2.75) is 25.8 Å². The van der Waals surface area contributed by atoms with E-state index in [4.69, 9.17) is 23.8 Å². The number of benzene rings is 3. The molecule has 0 unspecified atom stereocenters. The Morgan fingerprint density at radius 3 is 2.17 bits per heavy atom. The predicted molar refractivity (Wildman–Crippen MR) is 156 cm³/mol. The van der Waals surface area contributed by atoms with Crippen LogP contribution in [-0.4, -0.2) is 49.1 Å². The third-order valence-corrected chi connectivity index (χ3v) is 7.12. The summed E-state index contributed by atoms with van der Waals surface area (Å²) >= 11 is 12.1. The van der Waals surface area contributed by atoms with Crippen LogP contribution in [0.2, 0.25) is 5.02 Å². The zero-order valence-electron chi connectivity index (χ0n) is 20.8. The molecule has 0 saturated carbocycles. The molecule has 0 bridgehead atoms. The molecule has 3 N–H and O–H groups in total. The first-order valence-electron chi connectivity index (χ1n) is 12.1. The second kappa shape index (κ2) is 11.7. The molecular weight excluding hydrogens is 490 g/mol. The molecule has 188 valence electrons. The molecule has 1 aliphatic heterocycles. The molecule has 0 spiro atoms. The van der Waals surface area contributed by atoms with Gasteiger partial charge in [0.25, 0.3) is 5.91 Å². The summed E-state index contributed by atoms with van der Waals surface area (Å²) < 4.78 is 0. The summed E-state index contributed by atoms with van der Waals surface area (Å²) in [5, 5.41) is 10.5. The number of rotatable bonds is 6. The van der Waals surface area contributed by atoms with Gasteiger partial charge in [0.2, 0.25) is 0 Å². The van der Waals surface area contributed by atoms with Crippen LogP contribution in [0.3, 0.4) is 0 Å². The number of carbonyl (C=O) groups excluding carboxylic acids is 1. The average Bonchev–Trinajstić information content (AvgIpc) is 2.85. The molecule has 1 fully saturated rings. The molecule has 0 aliphatic carbocycles. The number of piperidine rings is 1. The smallest absolute Gasteiger partial charge is 0.255 e. The largest absolute Gasteiger partial charge is 0.370 e. The third kappa shape index (κ3) is 6.55. The highest BCUT2D eigenvalue weighted by Gasteiger charge is 2.22. The zero-order chi connectivity index (χ0) is 25.7. The highest BCUT2D eigenvalue weighted by atomic mass is 35.5. The van der Waals surface area contributed by atoms with Crippen molar-refractivity contribution in [3.63, 3.8) is 0 Å².